The fraction of sp³-hybridized carbons (Fsp3) is 0. The summed E-state index contributed by atoms with van der Waals surface area (Å²) in [7, 11) is 0. The van der Waals surface area contributed by atoms with Crippen molar-refractivity contribution in [3.8, 4) is 0 Å². The zero-order chi connectivity index (χ0) is 20.0. The first kappa shape index (κ1) is 17.2. The van der Waals surface area contributed by atoms with Crippen LogP contribution in [0.3, 0.4) is 0 Å². The molecule has 2 nitrogen and oxygen atoms in total. The highest BCUT2D eigenvalue weighted by Crippen LogP contribution is 2.45. The average molecular weight is 436 g/mol. The summed E-state index contributed by atoms with van der Waals surface area (Å²) in [4.78, 5) is 26.7. The van der Waals surface area contributed by atoms with Crippen LogP contribution >= 0.6 is 34.8 Å². The minimum Gasteiger partial charge on any atom is -0.289 e. The normalized spacial score (nSPS) is 12.2. The summed E-state index contributed by atoms with van der Waals surface area (Å²) in [6.07, 6.45) is 0. The van der Waals surface area contributed by atoms with Crippen LogP contribution in [0, 0.1) is 0 Å². The van der Waals surface area contributed by atoms with Crippen LogP contribution in [0.2, 0.25) is 15.1 Å². The molecule has 5 heteroatoms. The van der Waals surface area contributed by atoms with Crippen LogP contribution in [-0.2, 0) is 0 Å². The third kappa shape index (κ3) is 2.04. The van der Waals surface area contributed by atoms with E-state index >= 15 is 0 Å². The van der Waals surface area contributed by atoms with Gasteiger partial charge in [0.2, 0.25) is 0 Å². The van der Waals surface area contributed by atoms with Crippen molar-refractivity contribution in [1.29, 1.82) is 0 Å². The lowest BCUT2D eigenvalue weighted by atomic mass is 9.89. The molecular formula is C24H9Cl3O2. The second kappa shape index (κ2) is 5.70. The average Bonchev–Trinajstić information content (AvgIpc) is 2.73. The highest BCUT2D eigenvalue weighted by molar-refractivity contribution is 6.48. The molecule has 0 heterocycles. The first-order valence-corrected chi connectivity index (χ1v) is 10.1. The predicted molar refractivity (Wildman–Crippen MR) is 124 cm³/mol. The van der Waals surface area contributed by atoms with Gasteiger partial charge in [-0.2, -0.15) is 0 Å². The van der Waals surface area contributed by atoms with E-state index in [1.165, 1.54) is 0 Å². The molecule has 0 aliphatic carbocycles. The highest BCUT2D eigenvalue weighted by atomic mass is 35.5. The van der Waals surface area contributed by atoms with E-state index in [0.717, 1.165) is 21.5 Å². The van der Waals surface area contributed by atoms with Gasteiger partial charge < -0.3 is 0 Å². The zero-order valence-corrected chi connectivity index (χ0v) is 16.9. The van der Waals surface area contributed by atoms with Crippen molar-refractivity contribution in [3.63, 3.8) is 0 Å². The quantitative estimate of drug-likeness (QED) is 0.190. The number of hydrogen-bond acceptors (Lipinski definition) is 2. The van der Waals surface area contributed by atoms with Crippen LogP contribution in [0.25, 0.3) is 53.9 Å². The Bertz CT molecular complexity index is 1750. The SMILES string of the molecule is O=c1c2ccccc2c(=O)c2c1c(Cl)c1ccc3c(Cl)cc(Cl)c4ccc2c1c34. The molecule has 0 aliphatic heterocycles. The minimum absolute atomic E-state index is 0.202. The Kier molecular flexibility index (Phi) is 3.39. The van der Waals surface area contributed by atoms with Crippen molar-refractivity contribution >= 4 is 88.7 Å². The number of fused-ring (bicyclic) bond motifs is 3. The number of benzene rings is 6. The second-order valence-electron chi connectivity index (χ2n) is 7.18. The maximum Gasteiger partial charge on any atom is 0.196 e. The number of rotatable bonds is 0. The van der Waals surface area contributed by atoms with Gasteiger partial charge in [-0.1, -0.05) is 83.3 Å². The Labute approximate surface area is 178 Å². The summed E-state index contributed by atoms with van der Waals surface area (Å²) in [6.45, 7) is 0. The maximum atomic E-state index is 13.4. The molecule has 6 aromatic rings. The van der Waals surface area contributed by atoms with E-state index in [-0.39, 0.29) is 21.3 Å². The summed E-state index contributed by atoms with van der Waals surface area (Å²) < 4.78 is 0. The Balaban J connectivity index is 2.07. The summed E-state index contributed by atoms with van der Waals surface area (Å²) in [5.41, 5.74) is -0.436. The largest absolute Gasteiger partial charge is 0.289 e. The predicted octanol–water partition coefficient (Wildman–Crippen LogP) is 7.01. The Morgan fingerprint density at radius 3 is 1.59 bits per heavy atom. The van der Waals surface area contributed by atoms with Gasteiger partial charge in [0.1, 0.15) is 0 Å². The molecule has 138 valence electrons. The molecule has 0 saturated heterocycles. The maximum absolute atomic E-state index is 13.4. The van der Waals surface area contributed by atoms with E-state index in [0.29, 0.717) is 37.0 Å². The van der Waals surface area contributed by atoms with Gasteiger partial charge in [-0.15, -0.1) is 0 Å². The van der Waals surface area contributed by atoms with Crippen LogP contribution in [0.4, 0.5) is 0 Å². The molecular weight excluding hydrogens is 427 g/mol. The van der Waals surface area contributed by atoms with E-state index in [2.05, 4.69) is 0 Å². The van der Waals surface area contributed by atoms with Crippen molar-refractivity contribution < 1.29 is 0 Å². The van der Waals surface area contributed by atoms with Crippen molar-refractivity contribution in [2.75, 3.05) is 0 Å². The molecule has 0 amide bonds. The van der Waals surface area contributed by atoms with Gasteiger partial charge in [0, 0.05) is 47.7 Å². The smallest absolute Gasteiger partial charge is 0.196 e. The summed E-state index contributed by atoms with van der Waals surface area (Å²) in [5, 5.41) is 7.41. The molecule has 0 unspecified atom stereocenters. The van der Waals surface area contributed by atoms with Crippen molar-refractivity contribution in [2.45, 2.75) is 0 Å². The van der Waals surface area contributed by atoms with Gasteiger partial charge in [0.05, 0.1) is 10.4 Å². The molecule has 0 aromatic heterocycles. The van der Waals surface area contributed by atoms with Gasteiger partial charge in [-0.3, -0.25) is 9.59 Å². The lowest BCUT2D eigenvalue weighted by Crippen LogP contribution is -2.14. The van der Waals surface area contributed by atoms with E-state index in [9.17, 15) is 9.59 Å². The summed E-state index contributed by atoms with van der Waals surface area (Å²) >= 11 is 19.7. The van der Waals surface area contributed by atoms with E-state index in [1.807, 2.05) is 24.3 Å². The van der Waals surface area contributed by atoms with Crippen molar-refractivity contribution in [1.82, 2.24) is 0 Å². The Hall–Kier alpha value is -2.65. The third-order valence-electron chi connectivity index (χ3n) is 5.77. The van der Waals surface area contributed by atoms with Gasteiger partial charge in [-0.05, 0) is 16.8 Å². The molecule has 0 N–H and O–H groups in total. The van der Waals surface area contributed by atoms with Crippen molar-refractivity contribution in [2.24, 2.45) is 0 Å². The van der Waals surface area contributed by atoms with Gasteiger partial charge in [0.15, 0.2) is 10.9 Å². The van der Waals surface area contributed by atoms with Crippen LogP contribution < -0.4 is 10.9 Å². The fourth-order valence-corrected chi connectivity index (χ4v) is 5.45. The van der Waals surface area contributed by atoms with Gasteiger partial charge in [0.25, 0.3) is 0 Å². The molecule has 0 spiro atoms. The topological polar surface area (TPSA) is 34.1 Å². The Morgan fingerprint density at radius 1 is 0.483 bits per heavy atom. The van der Waals surface area contributed by atoms with Gasteiger partial charge in [-0.25, -0.2) is 0 Å². The molecule has 0 radical (unpaired) electrons. The van der Waals surface area contributed by atoms with E-state index < -0.39 is 0 Å². The third-order valence-corrected chi connectivity index (χ3v) is 6.79. The number of hydrogen-bond donors (Lipinski definition) is 0. The van der Waals surface area contributed by atoms with E-state index in [4.69, 9.17) is 34.8 Å². The molecule has 6 aromatic carbocycles. The first-order chi connectivity index (χ1) is 14.0. The molecule has 6 rings (SSSR count). The van der Waals surface area contributed by atoms with Crippen LogP contribution in [0.15, 0.2) is 64.2 Å². The minimum atomic E-state index is -0.234. The molecule has 0 bridgehead atoms. The lowest BCUT2D eigenvalue weighted by Gasteiger charge is -2.16. The molecule has 0 saturated carbocycles. The molecule has 29 heavy (non-hydrogen) atoms. The van der Waals surface area contributed by atoms with Gasteiger partial charge >= 0.3 is 0 Å². The summed E-state index contributed by atoms with van der Waals surface area (Å²) in [5.74, 6) is 0. The summed E-state index contributed by atoms with van der Waals surface area (Å²) in [6, 6.07) is 16.0. The van der Waals surface area contributed by atoms with E-state index in [1.54, 1.807) is 30.3 Å². The highest BCUT2D eigenvalue weighted by Gasteiger charge is 2.22. The molecule has 0 fully saturated rings. The van der Waals surface area contributed by atoms with Crippen LogP contribution in [-0.4, -0.2) is 0 Å². The fourth-order valence-electron chi connectivity index (χ4n) is 4.53. The lowest BCUT2D eigenvalue weighted by molar-refractivity contribution is 1.68. The molecule has 0 atom stereocenters. The number of halogens is 3. The standard InChI is InChI=1S/C24H9Cl3O2/c25-16-9-17(26)13-6-8-15-19-14(7-5-12(16)18(13)19)20-21(22(15)27)24(29)11-4-2-1-3-10(11)23(20)28/h1-9H. The first-order valence-electron chi connectivity index (χ1n) is 8.95. The molecule has 0 aliphatic rings. The zero-order valence-electron chi connectivity index (χ0n) is 14.6. The van der Waals surface area contributed by atoms with Crippen molar-refractivity contribution in [3.05, 3.63) is 90.1 Å². The Morgan fingerprint density at radius 2 is 0.966 bits per heavy atom. The van der Waals surface area contributed by atoms with Crippen LogP contribution in [0.1, 0.15) is 0 Å². The monoisotopic (exact) mass is 434 g/mol. The second-order valence-corrected chi connectivity index (χ2v) is 8.37. The van der Waals surface area contributed by atoms with Crippen LogP contribution in [0.5, 0.6) is 0 Å².